The van der Waals surface area contributed by atoms with Crippen LogP contribution in [0.25, 0.3) is 0 Å². The van der Waals surface area contributed by atoms with Gasteiger partial charge in [-0.3, -0.25) is 4.79 Å². The van der Waals surface area contributed by atoms with Crippen LogP contribution in [0, 0.1) is 0 Å². The smallest absolute Gasteiger partial charge is 0.254 e. The molecule has 28 heavy (non-hydrogen) atoms. The zero-order valence-electron chi connectivity index (χ0n) is 17.2. The van der Waals surface area contributed by atoms with Crippen molar-refractivity contribution in [1.82, 2.24) is 4.90 Å². The van der Waals surface area contributed by atoms with Gasteiger partial charge in [-0.15, -0.1) is 0 Å². The molecule has 3 rings (SSSR count). The Kier molecular flexibility index (Phi) is 6.45. The lowest BCUT2D eigenvalue weighted by Gasteiger charge is -2.34. The lowest BCUT2D eigenvalue weighted by molar-refractivity contribution is 0.0714. The van der Waals surface area contributed by atoms with Crippen LogP contribution in [-0.4, -0.2) is 44.2 Å². The van der Waals surface area contributed by atoms with E-state index in [9.17, 15) is 4.79 Å². The Morgan fingerprint density at radius 1 is 1.07 bits per heavy atom. The molecule has 1 aliphatic heterocycles. The van der Waals surface area contributed by atoms with E-state index in [2.05, 4.69) is 43.4 Å². The number of piperidine rings is 1. The van der Waals surface area contributed by atoms with Gasteiger partial charge in [0.1, 0.15) is 0 Å². The number of carbonyl (C=O) groups is 1. The van der Waals surface area contributed by atoms with E-state index in [0.29, 0.717) is 29.5 Å². The molecule has 5 nitrogen and oxygen atoms in total. The molecule has 0 saturated carbocycles. The van der Waals surface area contributed by atoms with Crippen molar-refractivity contribution in [3.8, 4) is 11.5 Å². The Morgan fingerprint density at radius 3 is 2.43 bits per heavy atom. The number of amides is 1. The van der Waals surface area contributed by atoms with Gasteiger partial charge in [0.2, 0.25) is 0 Å². The van der Waals surface area contributed by atoms with Crippen LogP contribution in [0.1, 0.15) is 48.5 Å². The summed E-state index contributed by atoms with van der Waals surface area (Å²) in [6.07, 6.45) is 2.04. The number of hydrogen-bond donors (Lipinski definition) is 1. The Labute approximate surface area is 167 Å². The van der Waals surface area contributed by atoms with Crippen molar-refractivity contribution < 1.29 is 14.3 Å². The van der Waals surface area contributed by atoms with Crippen LogP contribution >= 0.6 is 0 Å². The molecule has 2 aromatic rings. The lowest BCUT2D eigenvalue weighted by Crippen LogP contribution is -2.45. The highest BCUT2D eigenvalue weighted by Crippen LogP contribution is 2.28. The molecular weight excluding hydrogens is 352 g/mol. The molecule has 1 heterocycles. The van der Waals surface area contributed by atoms with Gasteiger partial charge in [-0.25, -0.2) is 0 Å². The zero-order valence-corrected chi connectivity index (χ0v) is 17.2. The van der Waals surface area contributed by atoms with Crippen LogP contribution in [0.5, 0.6) is 11.5 Å². The number of nitrogens with zero attached hydrogens (tertiary/aromatic N) is 1. The average molecular weight is 383 g/mol. The first-order chi connectivity index (χ1) is 13.5. The fourth-order valence-corrected chi connectivity index (χ4v) is 3.63. The van der Waals surface area contributed by atoms with E-state index in [1.807, 2.05) is 4.90 Å². The van der Waals surface area contributed by atoms with Gasteiger partial charge in [0.15, 0.2) is 11.5 Å². The molecule has 1 N–H and O–H groups in total. The first-order valence-corrected chi connectivity index (χ1v) is 9.89. The van der Waals surface area contributed by atoms with E-state index in [4.69, 9.17) is 9.47 Å². The van der Waals surface area contributed by atoms with Gasteiger partial charge in [0.05, 0.1) is 14.2 Å². The molecule has 0 bridgehead atoms. The van der Waals surface area contributed by atoms with Crippen molar-refractivity contribution >= 4 is 11.6 Å². The maximum Gasteiger partial charge on any atom is 0.254 e. The summed E-state index contributed by atoms with van der Waals surface area (Å²) < 4.78 is 10.6. The SMILES string of the molecule is COc1ccc(C(=O)N2CCC[C@@H](Nc3ccc(C(C)C)cc3)C2)cc1OC. The summed E-state index contributed by atoms with van der Waals surface area (Å²) in [6.45, 7) is 5.86. The highest BCUT2D eigenvalue weighted by molar-refractivity contribution is 5.95. The largest absolute Gasteiger partial charge is 0.493 e. The van der Waals surface area contributed by atoms with Crippen molar-refractivity contribution in [2.45, 2.75) is 38.6 Å². The predicted octanol–water partition coefficient (Wildman–Crippen LogP) is 4.54. The number of methoxy groups -OCH3 is 2. The van der Waals surface area contributed by atoms with Gasteiger partial charge >= 0.3 is 0 Å². The summed E-state index contributed by atoms with van der Waals surface area (Å²) in [4.78, 5) is 14.9. The monoisotopic (exact) mass is 382 g/mol. The molecule has 1 fully saturated rings. The predicted molar refractivity (Wildman–Crippen MR) is 113 cm³/mol. The van der Waals surface area contributed by atoms with Crippen LogP contribution in [-0.2, 0) is 0 Å². The lowest BCUT2D eigenvalue weighted by atomic mass is 10.0. The van der Waals surface area contributed by atoms with Gasteiger partial charge in [0.25, 0.3) is 5.91 Å². The summed E-state index contributed by atoms with van der Waals surface area (Å²) in [7, 11) is 3.17. The molecule has 2 aromatic carbocycles. The summed E-state index contributed by atoms with van der Waals surface area (Å²) in [5, 5.41) is 3.59. The van der Waals surface area contributed by atoms with E-state index < -0.39 is 0 Å². The van der Waals surface area contributed by atoms with Gasteiger partial charge in [-0.1, -0.05) is 26.0 Å². The fourth-order valence-electron chi connectivity index (χ4n) is 3.63. The second-order valence-corrected chi connectivity index (χ2v) is 7.58. The molecular formula is C23H30N2O3. The van der Waals surface area contributed by atoms with Crippen molar-refractivity contribution in [2.24, 2.45) is 0 Å². The Bertz CT molecular complexity index is 802. The number of benzene rings is 2. The molecule has 0 unspecified atom stereocenters. The number of ether oxygens (including phenoxy) is 2. The highest BCUT2D eigenvalue weighted by Gasteiger charge is 2.25. The van der Waals surface area contributed by atoms with Crippen LogP contribution < -0.4 is 14.8 Å². The summed E-state index contributed by atoms with van der Waals surface area (Å²) in [5.41, 5.74) is 3.06. The minimum absolute atomic E-state index is 0.0302. The number of carbonyl (C=O) groups excluding carboxylic acids is 1. The van der Waals surface area contributed by atoms with Crippen LogP contribution in [0.15, 0.2) is 42.5 Å². The third kappa shape index (κ3) is 4.58. The van der Waals surface area contributed by atoms with E-state index in [-0.39, 0.29) is 11.9 Å². The van der Waals surface area contributed by atoms with Crippen LogP contribution in [0.4, 0.5) is 5.69 Å². The maximum atomic E-state index is 13.0. The standard InChI is InChI=1S/C23H30N2O3/c1-16(2)17-7-10-19(11-8-17)24-20-6-5-13-25(15-20)23(26)18-9-12-21(27-3)22(14-18)28-4/h7-12,14,16,20,24H,5-6,13,15H2,1-4H3/t20-/m1/s1. The number of anilines is 1. The van der Waals surface area contributed by atoms with Crippen molar-refractivity contribution in [2.75, 3.05) is 32.6 Å². The third-order valence-corrected chi connectivity index (χ3v) is 5.29. The molecule has 0 aromatic heterocycles. The topological polar surface area (TPSA) is 50.8 Å². The molecule has 5 heteroatoms. The first kappa shape index (κ1) is 20.1. The first-order valence-electron chi connectivity index (χ1n) is 9.89. The van der Waals surface area contributed by atoms with Crippen molar-refractivity contribution in [1.29, 1.82) is 0 Å². The molecule has 1 amide bonds. The molecule has 150 valence electrons. The third-order valence-electron chi connectivity index (χ3n) is 5.29. The number of rotatable bonds is 6. The van der Waals surface area contributed by atoms with E-state index in [0.717, 1.165) is 25.1 Å². The zero-order chi connectivity index (χ0) is 20.1. The highest BCUT2D eigenvalue weighted by atomic mass is 16.5. The molecule has 0 spiro atoms. The van der Waals surface area contributed by atoms with E-state index in [1.165, 1.54) is 5.56 Å². The molecule has 0 aliphatic carbocycles. The second kappa shape index (κ2) is 9.00. The van der Waals surface area contributed by atoms with Crippen LogP contribution in [0.2, 0.25) is 0 Å². The summed E-state index contributed by atoms with van der Waals surface area (Å²) in [6, 6.07) is 14.2. The normalized spacial score (nSPS) is 16.8. The minimum Gasteiger partial charge on any atom is -0.493 e. The number of hydrogen-bond acceptors (Lipinski definition) is 4. The van der Waals surface area contributed by atoms with Crippen molar-refractivity contribution in [3.63, 3.8) is 0 Å². The fraction of sp³-hybridized carbons (Fsp3) is 0.435. The number of nitrogens with one attached hydrogen (secondary N) is 1. The van der Waals surface area contributed by atoms with Gasteiger partial charge < -0.3 is 19.7 Å². The van der Waals surface area contributed by atoms with Gasteiger partial charge in [0, 0.05) is 30.4 Å². The maximum absolute atomic E-state index is 13.0. The van der Waals surface area contributed by atoms with Gasteiger partial charge in [-0.2, -0.15) is 0 Å². The Hall–Kier alpha value is -2.69. The summed E-state index contributed by atoms with van der Waals surface area (Å²) >= 11 is 0. The molecule has 0 radical (unpaired) electrons. The molecule has 1 saturated heterocycles. The number of likely N-dealkylation sites (tertiary alicyclic amines) is 1. The minimum atomic E-state index is 0.0302. The Morgan fingerprint density at radius 2 is 1.79 bits per heavy atom. The Balaban J connectivity index is 1.66. The quantitative estimate of drug-likeness (QED) is 0.797. The van der Waals surface area contributed by atoms with E-state index >= 15 is 0 Å². The second-order valence-electron chi connectivity index (χ2n) is 7.58. The molecule has 1 atom stereocenters. The van der Waals surface area contributed by atoms with Gasteiger partial charge in [-0.05, 0) is 54.7 Å². The van der Waals surface area contributed by atoms with Crippen molar-refractivity contribution in [3.05, 3.63) is 53.6 Å². The molecule has 1 aliphatic rings. The van der Waals surface area contributed by atoms with E-state index in [1.54, 1.807) is 32.4 Å². The van der Waals surface area contributed by atoms with Crippen LogP contribution in [0.3, 0.4) is 0 Å². The average Bonchev–Trinajstić information content (AvgIpc) is 2.73. The summed E-state index contributed by atoms with van der Waals surface area (Å²) in [5.74, 6) is 1.76.